The van der Waals surface area contributed by atoms with Crippen LogP contribution in [0.1, 0.15) is 61.6 Å². The first kappa shape index (κ1) is 24.7. The largest absolute Gasteiger partial charge is 0.490 e. The van der Waals surface area contributed by atoms with E-state index in [-0.39, 0.29) is 5.54 Å². The molecule has 2 saturated carbocycles. The summed E-state index contributed by atoms with van der Waals surface area (Å²) < 4.78 is 6.23. The molecule has 186 valence electrons. The Kier molecular flexibility index (Phi) is 7.45. The zero-order valence-corrected chi connectivity index (χ0v) is 21.8. The highest BCUT2D eigenvalue weighted by Crippen LogP contribution is 2.48. The fraction of sp³-hybridized carbons (Fsp3) is 0.448. The van der Waals surface area contributed by atoms with Crippen LogP contribution in [-0.4, -0.2) is 29.6 Å². The normalized spacial score (nSPS) is 18.8. The van der Waals surface area contributed by atoms with Crippen molar-refractivity contribution in [2.45, 2.75) is 69.6 Å². The van der Waals surface area contributed by atoms with E-state index in [0.29, 0.717) is 12.6 Å². The summed E-state index contributed by atoms with van der Waals surface area (Å²) in [6.45, 7) is 2.20. The van der Waals surface area contributed by atoms with E-state index in [1.165, 1.54) is 11.1 Å². The standard InChI is InChI=1S/C29H35Cl2N3O/c30-26-17-21(27(31)16-20(26)6-2-1-5-14-32)18-34-15-11-23(25(19-34)29(33)12-13-29)24-7-3-4-8-28(24)35-22-9-10-22/h3-4,7-8,11,16-17,19,22H,1-2,5-6,9-10,12-15,18,32-33H2. The zero-order valence-electron chi connectivity index (χ0n) is 20.2. The van der Waals surface area contributed by atoms with Crippen molar-refractivity contribution < 1.29 is 4.74 Å². The summed E-state index contributed by atoms with van der Waals surface area (Å²) in [7, 11) is 0. The third-order valence-corrected chi connectivity index (χ3v) is 7.89. The second kappa shape index (κ2) is 10.6. The van der Waals surface area contributed by atoms with Gasteiger partial charge in [-0.25, -0.2) is 0 Å². The molecule has 35 heavy (non-hydrogen) atoms. The second-order valence-electron chi connectivity index (χ2n) is 10.2. The number of aryl methyl sites for hydroxylation is 1. The van der Waals surface area contributed by atoms with Gasteiger partial charge >= 0.3 is 0 Å². The molecule has 0 aromatic heterocycles. The topological polar surface area (TPSA) is 64.5 Å². The van der Waals surface area contributed by atoms with Crippen LogP contribution in [0.2, 0.25) is 10.0 Å². The van der Waals surface area contributed by atoms with Crippen LogP contribution in [0.5, 0.6) is 5.75 Å². The van der Waals surface area contributed by atoms with Gasteiger partial charge in [-0.1, -0.05) is 53.9 Å². The maximum Gasteiger partial charge on any atom is 0.127 e. The Bertz CT molecular complexity index is 1130. The van der Waals surface area contributed by atoms with E-state index in [4.69, 9.17) is 39.4 Å². The van der Waals surface area contributed by atoms with Crippen LogP contribution in [-0.2, 0) is 13.0 Å². The molecule has 0 atom stereocenters. The molecule has 4 N–H and O–H groups in total. The summed E-state index contributed by atoms with van der Waals surface area (Å²) in [5.41, 5.74) is 17.8. The minimum atomic E-state index is -0.272. The van der Waals surface area contributed by atoms with Crippen LogP contribution in [0.3, 0.4) is 0 Å². The third kappa shape index (κ3) is 5.89. The molecule has 1 aliphatic heterocycles. The van der Waals surface area contributed by atoms with Gasteiger partial charge in [-0.2, -0.15) is 0 Å². The van der Waals surface area contributed by atoms with Crippen LogP contribution in [0, 0.1) is 0 Å². The first-order valence-electron chi connectivity index (χ1n) is 12.9. The fourth-order valence-corrected chi connectivity index (χ4v) is 5.27. The molecule has 2 fully saturated rings. The lowest BCUT2D eigenvalue weighted by Gasteiger charge is -2.31. The monoisotopic (exact) mass is 511 g/mol. The first-order valence-corrected chi connectivity index (χ1v) is 13.6. The number of hydrogen-bond acceptors (Lipinski definition) is 4. The van der Waals surface area contributed by atoms with Gasteiger partial charge in [-0.05, 0) is 92.0 Å². The van der Waals surface area contributed by atoms with Crippen LogP contribution >= 0.6 is 23.2 Å². The lowest BCUT2D eigenvalue weighted by Crippen LogP contribution is -2.31. The quantitative estimate of drug-likeness (QED) is 0.338. The van der Waals surface area contributed by atoms with E-state index in [2.05, 4.69) is 35.4 Å². The summed E-state index contributed by atoms with van der Waals surface area (Å²) in [6, 6.07) is 12.4. The highest BCUT2D eigenvalue weighted by molar-refractivity contribution is 6.34. The Morgan fingerprint density at radius 1 is 1.00 bits per heavy atom. The molecule has 6 heteroatoms. The minimum Gasteiger partial charge on any atom is -0.490 e. The van der Waals surface area contributed by atoms with Crippen molar-refractivity contribution in [3.05, 3.63) is 81.0 Å². The van der Waals surface area contributed by atoms with E-state index < -0.39 is 0 Å². The molecule has 0 unspecified atom stereocenters. The number of nitrogens with two attached hydrogens (primary N) is 2. The summed E-state index contributed by atoms with van der Waals surface area (Å²) in [5.74, 6) is 0.960. The molecule has 0 radical (unpaired) electrons. The van der Waals surface area contributed by atoms with E-state index in [9.17, 15) is 0 Å². The molecule has 2 aliphatic carbocycles. The minimum absolute atomic E-state index is 0.272. The molecule has 0 spiro atoms. The average Bonchev–Trinajstić information content (AvgIpc) is 3.79. The number of nitrogens with zero attached hydrogens (tertiary/aromatic N) is 1. The van der Waals surface area contributed by atoms with Gasteiger partial charge in [0.05, 0.1) is 6.10 Å². The van der Waals surface area contributed by atoms with Crippen LogP contribution in [0.4, 0.5) is 0 Å². The molecule has 3 aliphatic rings. The Balaban J connectivity index is 1.35. The van der Waals surface area contributed by atoms with Gasteiger partial charge in [0.1, 0.15) is 5.75 Å². The number of ether oxygens (including phenoxy) is 1. The molecule has 0 bridgehead atoms. The van der Waals surface area contributed by atoms with E-state index in [0.717, 1.165) is 96.9 Å². The van der Waals surface area contributed by atoms with E-state index in [1.807, 2.05) is 18.2 Å². The summed E-state index contributed by atoms with van der Waals surface area (Å²) in [4.78, 5) is 2.29. The molecule has 0 saturated heterocycles. The average molecular weight is 513 g/mol. The maximum absolute atomic E-state index is 6.78. The van der Waals surface area contributed by atoms with Crippen molar-refractivity contribution in [2.75, 3.05) is 13.1 Å². The summed E-state index contributed by atoms with van der Waals surface area (Å²) >= 11 is 13.4. The number of hydrogen-bond donors (Lipinski definition) is 2. The van der Waals surface area contributed by atoms with Gasteiger partial charge in [0.25, 0.3) is 0 Å². The lowest BCUT2D eigenvalue weighted by molar-refractivity contribution is 0.302. The van der Waals surface area contributed by atoms with Gasteiger partial charge < -0.3 is 21.1 Å². The van der Waals surface area contributed by atoms with E-state index in [1.54, 1.807) is 0 Å². The van der Waals surface area contributed by atoms with Gasteiger partial charge in [0.15, 0.2) is 0 Å². The second-order valence-corrected chi connectivity index (χ2v) is 11.0. The maximum atomic E-state index is 6.78. The first-order chi connectivity index (χ1) is 17.0. The Morgan fingerprint density at radius 3 is 2.49 bits per heavy atom. The zero-order chi connectivity index (χ0) is 24.4. The third-order valence-electron chi connectivity index (χ3n) is 7.19. The molecular weight excluding hydrogens is 477 g/mol. The molecule has 0 amide bonds. The number of benzene rings is 2. The van der Waals surface area contributed by atoms with Gasteiger partial charge in [0.2, 0.25) is 0 Å². The van der Waals surface area contributed by atoms with Gasteiger partial charge in [-0.15, -0.1) is 0 Å². The van der Waals surface area contributed by atoms with Crippen molar-refractivity contribution in [2.24, 2.45) is 11.5 Å². The number of para-hydroxylation sites is 1. The van der Waals surface area contributed by atoms with Crippen molar-refractivity contribution in [3.8, 4) is 5.75 Å². The van der Waals surface area contributed by atoms with Gasteiger partial charge in [-0.3, -0.25) is 0 Å². The molecule has 1 heterocycles. The smallest absolute Gasteiger partial charge is 0.127 e. The number of rotatable bonds is 11. The van der Waals surface area contributed by atoms with Crippen LogP contribution in [0.25, 0.3) is 5.57 Å². The molecule has 2 aromatic rings. The van der Waals surface area contributed by atoms with Crippen molar-refractivity contribution in [1.82, 2.24) is 4.90 Å². The highest BCUT2D eigenvalue weighted by Gasteiger charge is 2.45. The SMILES string of the molecule is NCCCCCc1cc(Cl)c(CN2C=C(C3(N)CC3)C(c3ccccc3OC3CC3)=CC2)cc1Cl. The Morgan fingerprint density at radius 2 is 1.74 bits per heavy atom. The molecule has 2 aromatic carbocycles. The number of unbranched alkanes of at least 4 members (excludes halogenated alkanes) is 2. The Hall–Kier alpha value is -1.98. The van der Waals surface area contributed by atoms with Crippen molar-refractivity contribution in [3.63, 3.8) is 0 Å². The predicted octanol–water partition coefficient (Wildman–Crippen LogP) is 6.48. The van der Waals surface area contributed by atoms with Crippen molar-refractivity contribution >= 4 is 28.8 Å². The predicted molar refractivity (Wildman–Crippen MR) is 146 cm³/mol. The Labute approximate surface area is 218 Å². The van der Waals surface area contributed by atoms with Crippen LogP contribution < -0.4 is 16.2 Å². The lowest BCUT2D eigenvalue weighted by atomic mass is 9.89. The van der Waals surface area contributed by atoms with Crippen LogP contribution in [0.15, 0.2) is 54.2 Å². The summed E-state index contributed by atoms with van der Waals surface area (Å²) in [5, 5.41) is 1.56. The van der Waals surface area contributed by atoms with E-state index >= 15 is 0 Å². The molecule has 4 nitrogen and oxygen atoms in total. The van der Waals surface area contributed by atoms with Crippen molar-refractivity contribution in [1.29, 1.82) is 0 Å². The van der Waals surface area contributed by atoms with Gasteiger partial charge in [0, 0.05) is 40.4 Å². The summed E-state index contributed by atoms with van der Waals surface area (Å²) in [6.07, 6.45) is 13.3. The molecular formula is C29H35Cl2N3O. The fourth-order valence-electron chi connectivity index (χ4n) is 4.74. The highest BCUT2D eigenvalue weighted by atomic mass is 35.5. The number of halogens is 2. The molecule has 5 rings (SSSR count).